The number of aryl methyl sites for hydroxylation is 1. The van der Waals surface area contributed by atoms with Crippen LogP contribution in [0.2, 0.25) is 0 Å². The first kappa shape index (κ1) is 15.5. The minimum atomic E-state index is -0.804. The highest BCUT2D eigenvalue weighted by molar-refractivity contribution is 5.89. The lowest BCUT2D eigenvalue weighted by atomic mass is 10.1. The smallest absolute Gasteiger partial charge is 0.322 e. The van der Waals surface area contributed by atoms with Gasteiger partial charge in [-0.2, -0.15) is 0 Å². The fraction of sp³-hybridized carbons (Fsp3) is 0.375. The number of aromatic nitrogens is 1. The molecule has 1 aromatic carbocycles. The molecule has 5 nitrogen and oxygen atoms in total. The molecule has 2 aromatic rings. The predicted octanol–water partition coefficient (Wildman–Crippen LogP) is 3.88. The molecular weight excluding hydrogens is 304 g/mol. The van der Waals surface area contributed by atoms with Gasteiger partial charge in [0.15, 0.2) is 5.76 Å². The number of rotatable bonds is 3. The summed E-state index contributed by atoms with van der Waals surface area (Å²) in [4.78, 5) is 14.0. The zero-order valence-electron chi connectivity index (χ0n) is 12.7. The van der Waals surface area contributed by atoms with Crippen LogP contribution in [0, 0.1) is 11.6 Å². The number of anilines is 1. The van der Waals surface area contributed by atoms with Crippen molar-refractivity contribution in [3.63, 3.8) is 0 Å². The zero-order valence-corrected chi connectivity index (χ0v) is 12.7. The van der Waals surface area contributed by atoms with E-state index in [9.17, 15) is 13.6 Å². The van der Waals surface area contributed by atoms with Crippen LogP contribution in [-0.2, 0) is 6.42 Å². The van der Waals surface area contributed by atoms with E-state index in [1.807, 2.05) is 13.0 Å². The highest BCUT2D eigenvalue weighted by Crippen LogP contribution is 2.33. The van der Waals surface area contributed by atoms with E-state index in [1.165, 1.54) is 6.07 Å². The molecule has 1 N–H and O–H groups in total. The maximum Gasteiger partial charge on any atom is 0.322 e. The normalized spacial score (nSPS) is 17.5. The average Bonchev–Trinajstić information content (AvgIpc) is 3.17. The minimum Gasteiger partial charge on any atom is -0.359 e. The Labute approximate surface area is 132 Å². The van der Waals surface area contributed by atoms with Gasteiger partial charge in [0.1, 0.15) is 11.6 Å². The number of hydrogen-bond donors (Lipinski definition) is 1. The number of amides is 2. The number of carbonyl (C=O) groups excluding carboxylic acids is 1. The van der Waals surface area contributed by atoms with Gasteiger partial charge in [0, 0.05) is 18.7 Å². The van der Waals surface area contributed by atoms with E-state index in [2.05, 4.69) is 10.5 Å². The first-order chi connectivity index (χ1) is 11.1. The second-order valence-corrected chi connectivity index (χ2v) is 5.48. The van der Waals surface area contributed by atoms with Crippen molar-refractivity contribution in [3.8, 4) is 0 Å². The van der Waals surface area contributed by atoms with Crippen molar-refractivity contribution in [1.29, 1.82) is 0 Å². The third-order valence-corrected chi connectivity index (χ3v) is 3.95. The zero-order chi connectivity index (χ0) is 16.4. The van der Waals surface area contributed by atoms with E-state index in [4.69, 9.17) is 4.52 Å². The quantitative estimate of drug-likeness (QED) is 0.933. The highest BCUT2D eigenvalue weighted by Gasteiger charge is 2.33. The lowest BCUT2D eigenvalue weighted by Gasteiger charge is -2.23. The molecular formula is C16H17F2N3O2. The van der Waals surface area contributed by atoms with Gasteiger partial charge in [-0.1, -0.05) is 12.1 Å². The molecule has 7 heteroatoms. The molecule has 1 saturated heterocycles. The van der Waals surface area contributed by atoms with Crippen LogP contribution in [-0.4, -0.2) is 22.6 Å². The summed E-state index contributed by atoms with van der Waals surface area (Å²) in [7, 11) is 0. The van der Waals surface area contributed by atoms with E-state index in [0.29, 0.717) is 12.3 Å². The van der Waals surface area contributed by atoms with Gasteiger partial charge < -0.3 is 14.7 Å². The summed E-state index contributed by atoms with van der Waals surface area (Å²) in [6, 6.07) is 4.23. The summed E-state index contributed by atoms with van der Waals surface area (Å²) in [5.41, 5.74) is 0.783. The van der Waals surface area contributed by atoms with E-state index in [0.717, 1.165) is 37.1 Å². The number of hydrogen-bond acceptors (Lipinski definition) is 3. The van der Waals surface area contributed by atoms with Crippen LogP contribution in [0.25, 0.3) is 0 Å². The lowest BCUT2D eigenvalue weighted by molar-refractivity contribution is 0.195. The Morgan fingerprint density at radius 2 is 2.26 bits per heavy atom. The van der Waals surface area contributed by atoms with Gasteiger partial charge in [0.05, 0.1) is 17.4 Å². The fourth-order valence-corrected chi connectivity index (χ4v) is 2.74. The van der Waals surface area contributed by atoms with Gasteiger partial charge in [0.2, 0.25) is 0 Å². The Balaban J connectivity index is 1.75. The number of benzene rings is 1. The third kappa shape index (κ3) is 3.18. The van der Waals surface area contributed by atoms with Crippen molar-refractivity contribution >= 4 is 11.7 Å². The van der Waals surface area contributed by atoms with Crippen LogP contribution < -0.4 is 5.32 Å². The standard InChI is InChI=1S/C16H17F2N3O2/c1-2-11-9-15(23-20-11)14-4-3-7-21(14)16(22)19-13-6-5-10(17)8-12(13)18/h5-6,8-9,14H,2-4,7H2,1H3,(H,19,22)/t14-/m1/s1. The van der Waals surface area contributed by atoms with Crippen molar-refractivity contribution in [2.45, 2.75) is 32.2 Å². The molecule has 122 valence electrons. The van der Waals surface area contributed by atoms with Crippen molar-refractivity contribution in [2.24, 2.45) is 0 Å². The summed E-state index contributed by atoms with van der Waals surface area (Å²) in [6.07, 6.45) is 2.34. The summed E-state index contributed by atoms with van der Waals surface area (Å²) in [6.45, 7) is 2.51. The van der Waals surface area contributed by atoms with Gasteiger partial charge in [0.25, 0.3) is 0 Å². The summed E-state index contributed by atoms with van der Waals surface area (Å²) in [5.74, 6) is -0.857. The van der Waals surface area contributed by atoms with Crippen molar-refractivity contribution in [3.05, 3.63) is 47.4 Å². The molecule has 0 saturated carbocycles. The molecule has 3 rings (SSSR count). The van der Waals surface area contributed by atoms with Crippen LogP contribution >= 0.6 is 0 Å². The average molecular weight is 321 g/mol. The molecule has 1 fully saturated rings. The van der Waals surface area contributed by atoms with Crippen LogP contribution in [0.5, 0.6) is 0 Å². The number of urea groups is 1. The van der Waals surface area contributed by atoms with Gasteiger partial charge in [-0.25, -0.2) is 13.6 Å². The van der Waals surface area contributed by atoms with Crippen molar-refractivity contribution in [2.75, 3.05) is 11.9 Å². The van der Waals surface area contributed by atoms with Crippen LogP contribution in [0.15, 0.2) is 28.8 Å². The Bertz CT molecular complexity index is 717. The van der Waals surface area contributed by atoms with Crippen molar-refractivity contribution in [1.82, 2.24) is 10.1 Å². The lowest BCUT2D eigenvalue weighted by Crippen LogP contribution is -2.34. The van der Waals surface area contributed by atoms with Crippen LogP contribution in [0.3, 0.4) is 0 Å². The van der Waals surface area contributed by atoms with Gasteiger partial charge in [-0.3, -0.25) is 0 Å². The second kappa shape index (κ2) is 6.36. The van der Waals surface area contributed by atoms with E-state index < -0.39 is 17.7 Å². The number of nitrogens with zero attached hydrogens (tertiary/aromatic N) is 2. The molecule has 2 heterocycles. The Morgan fingerprint density at radius 1 is 1.43 bits per heavy atom. The maximum absolute atomic E-state index is 13.7. The molecule has 0 bridgehead atoms. The molecule has 1 atom stereocenters. The molecule has 0 radical (unpaired) electrons. The summed E-state index contributed by atoms with van der Waals surface area (Å²) in [5, 5.41) is 6.43. The summed E-state index contributed by atoms with van der Waals surface area (Å²) >= 11 is 0. The Hall–Kier alpha value is -2.44. The first-order valence-electron chi connectivity index (χ1n) is 7.56. The molecule has 2 amide bonds. The molecule has 23 heavy (non-hydrogen) atoms. The third-order valence-electron chi connectivity index (χ3n) is 3.95. The molecule has 0 spiro atoms. The SMILES string of the molecule is CCc1cc([C@H]2CCCN2C(=O)Nc2ccc(F)cc2F)on1. The van der Waals surface area contributed by atoms with E-state index in [1.54, 1.807) is 4.90 Å². The number of carbonyl (C=O) groups is 1. The second-order valence-electron chi connectivity index (χ2n) is 5.48. The van der Waals surface area contributed by atoms with Gasteiger partial charge >= 0.3 is 6.03 Å². The van der Waals surface area contributed by atoms with Crippen LogP contribution in [0.4, 0.5) is 19.3 Å². The number of nitrogens with one attached hydrogen (secondary N) is 1. The number of halogens is 2. The molecule has 1 aliphatic heterocycles. The summed E-state index contributed by atoms with van der Waals surface area (Å²) < 4.78 is 31.9. The molecule has 1 aromatic heterocycles. The highest BCUT2D eigenvalue weighted by atomic mass is 19.1. The van der Waals surface area contributed by atoms with Crippen molar-refractivity contribution < 1.29 is 18.1 Å². The molecule has 1 aliphatic rings. The Kier molecular flexibility index (Phi) is 4.27. The largest absolute Gasteiger partial charge is 0.359 e. The van der Waals surface area contributed by atoms with Gasteiger partial charge in [-0.15, -0.1) is 0 Å². The first-order valence-corrected chi connectivity index (χ1v) is 7.56. The van der Waals surface area contributed by atoms with E-state index in [-0.39, 0.29) is 11.7 Å². The fourth-order valence-electron chi connectivity index (χ4n) is 2.74. The molecule has 0 unspecified atom stereocenters. The predicted molar refractivity (Wildman–Crippen MR) is 79.9 cm³/mol. The minimum absolute atomic E-state index is 0.0473. The van der Waals surface area contributed by atoms with E-state index >= 15 is 0 Å². The van der Waals surface area contributed by atoms with Gasteiger partial charge in [-0.05, 0) is 31.4 Å². The molecule has 0 aliphatic carbocycles. The number of likely N-dealkylation sites (tertiary alicyclic amines) is 1. The topological polar surface area (TPSA) is 58.4 Å². The monoisotopic (exact) mass is 321 g/mol. The van der Waals surface area contributed by atoms with Crippen LogP contribution in [0.1, 0.15) is 37.3 Å². The Morgan fingerprint density at radius 3 is 2.96 bits per heavy atom. The maximum atomic E-state index is 13.7.